The lowest BCUT2D eigenvalue weighted by molar-refractivity contribution is 0.0504. The lowest BCUT2D eigenvalue weighted by Gasteiger charge is -1.98. The molecule has 6 heteroatoms. The number of carbonyl (C=O) groups excluding carboxylic acids is 1. The second-order valence-corrected chi connectivity index (χ2v) is 4.66. The van der Waals surface area contributed by atoms with Crippen LogP contribution >= 0.6 is 0 Å². The van der Waals surface area contributed by atoms with E-state index < -0.39 is 5.97 Å². The summed E-state index contributed by atoms with van der Waals surface area (Å²) in [5, 5.41) is 7.30. The van der Waals surface area contributed by atoms with Gasteiger partial charge < -0.3 is 15.1 Å². The van der Waals surface area contributed by atoms with Gasteiger partial charge in [0.15, 0.2) is 17.3 Å². The molecular weight excluding hydrogens is 294 g/mol. The van der Waals surface area contributed by atoms with E-state index in [0.717, 1.165) is 5.56 Å². The van der Waals surface area contributed by atoms with Gasteiger partial charge in [0, 0.05) is 17.2 Å². The molecule has 0 unspecified atom stereocenters. The zero-order valence-electron chi connectivity index (χ0n) is 12.0. The van der Waals surface area contributed by atoms with Crippen LogP contribution in [0.4, 0.5) is 0 Å². The average molecular weight is 307 g/mol. The number of carbonyl (C=O) groups is 1. The molecule has 3 rings (SSSR count). The average Bonchev–Trinajstić information content (AvgIpc) is 3.11. The Kier molecular flexibility index (Phi) is 4.15. The van der Waals surface area contributed by atoms with Crippen LogP contribution in [-0.4, -0.2) is 17.0 Å². The van der Waals surface area contributed by atoms with E-state index in [0.29, 0.717) is 11.3 Å². The first-order chi connectivity index (χ1) is 11.2. The molecule has 114 valence electrons. The van der Waals surface area contributed by atoms with Crippen molar-refractivity contribution >= 4 is 11.8 Å². The van der Waals surface area contributed by atoms with Crippen LogP contribution in [0.3, 0.4) is 0 Å². The summed E-state index contributed by atoms with van der Waals surface area (Å²) in [6.45, 7) is 0. The first-order valence-corrected chi connectivity index (χ1v) is 6.86. The molecule has 3 aromatic rings. The molecule has 0 saturated carbocycles. The molecule has 6 nitrogen and oxygen atoms in total. The molecular formula is C17H13N3O3. The maximum atomic E-state index is 11.9. The van der Waals surface area contributed by atoms with Crippen LogP contribution in [0.5, 0.6) is 0 Å². The van der Waals surface area contributed by atoms with Gasteiger partial charge in [-0.3, -0.25) is 0 Å². The predicted octanol–water partition coefficient (Wildman–Crippen LogP) is 2.82. The highest BCUT2D eigenvalue weighted by atomic mass is 16.7. The minimum absolute atomic E-state index is 0.0217. The summed E-state index contributed by atoms with van der Waals surface area (Å²) in [4.78, 5) is 16.7. The van der Waals surface area contributed by atoms with Crippen LogP contribution in [0, 0.1) is 0 Å². The molecule has 1 heterocycles. The Hall–Kier alpha value is -3.41. The molecule has 2 aromatic carbocycles. The lowest BCUT2D eigenvalue weighted by Crippen LogP contribution is -2.15. The number of oxime groups is 1. The van der Waals surface area contributed by atoms with Crippen LogP contribution in [0.2, 0.25) is 0 Å². The molecule has 0 amide bonds. The lowest BCUT2D eigenvalue weighted by atomic mass is 10.2. The Morgan fingerprint density at radius 2 is 1.70 bits per heavy atom. The quantitative estimate of drug-likeness (QED) is 0.346. The summed E-state index contributed by atoms with van der Waals surface area (Å²) in [6.07, 6.45) is 0. The van der Waals surface area contributed by atoms with E-state index in [4.69, 9.17) is 15.1 Å². The van der Waals surface area contributed by atoms with E-state index in [1.807, 2.05) is 48.5 Å². The van der Waals surface area contributed by atoms with E-state index in [1.165, 1.54) is 6.07 Å². The summed E-state index contributed by atoms with van der Waals surface area (Å²) in [6, 6.07) is 19.8. The van der Waals surface area contributed by atoms with E-state index in [1.54, 1.807) is 12.1 Å². The predicted molar refractivity (Wildman–Crippen MR) is 84.5 cm³/mol. The molecule has 1 aromatic heterocycles. The van der Waals surface area contributed by atoms with Gasteiger partial charge in [0.2, 0.25) is 0 Å². The fraction of sp³-hybridized carbons (Fsp3) is 0. The van der Waals surface area contributed by atoms with Gasteiger partial charge in [-0.15, -0.1) is 0 Å². The molecule has 2 N–H and O–H groups in total. The second-order valence-electron chi connectivity index (χ2n) is 4.66. The highest BCUT2D eigenvalue weighted by Gasteiger charge is 2.15. The van der Waals surface area contributed by atoms with E-state index in [2.05, 4.69) is 10.3 Å². The number of hydrogen-bond acceptors (Lipinski definition) is 5. The van der Waals surface area contributed by atoms with Crippen molar-refractivity contribution in [1.29, 1.82) is 0 Å². The van der Waals surface area contributed by atoms with Crippen molar-refractivity contribution in [2.45, 2.75) is 0 Å². The first kappa shape index (κ1) is 14.5. The number of nitrogens with two attached hydrogens (primary N) is 1. The van der Waals surface area contributed by atoms with Crippen LogP contribution in [0.15, 0.2) is 76.4 Å². The molecule has 0 aliphatic rings. The van der Waals surface area contributed by atoms with Gasteiger partial charge in [0.1, 0.15) is 0 Å². The van der Waals surface area contributed by atoms with Gasteiger partial charge >= 0.3 is 5.97 Å². The van der Waals surface area contributed by atoms with E-state index >= 15 is 0 Å². The fourth-order valence-electron chi connectivity index (χ4n) is 1.91. The van der Waals surface area contributed by atoms with E-state index in [-0.39, 0.29) is 11.5 Å². The van der Waals surface area contributed by atoms with Gasteiger partial charge in [0.05, 0.1) is 0 Å². The van der Waals surface area contributed by atoms with Gasteiger partial charge in [-0.05, 0) is 0 Å². The first-order valence-electron chi connectivity index (χ1n) is 6.86. The number of amidine groups is 1. The summed E-state index contributed by atoms with van der Waals surface area (Å²) in [5.41, 5.74) is 7.24. The Labute approximate surface area is 132 Å². The summed E-state index contributed by atoms with van der Waals surface area (Å²) < 4.78 is 5.13. The highest BCUT2D eigenvalue weighted by Crippen LogP contribution is 2.20. The van der Waals surface area contributed by atoms with Crippen LogP contribution in [0.25, 0.3) is 11.3 Å². The number of hydrogen-bond donors (Lipinski definition) is 1. The highest BCUT2D eigenvalue weighted by molar-refractivity contribution is 5.98. The van der Waals surface area contributed by atoms with E-state index in [9.17, 15) is 4.79 Å². The maximum absolute atomic E-state index is 11.9. The number of nitrogens with zero attached hydrogens (tertiary/aromatic N) is 2. The van der Waals surface area contributed by atoms with Gasteiger partial charge in [-0.1, -0.05) is 71.0 Å². The molecule has 0 saturated heterocycles. The second kappa shape index (κ2) is 6.57. The van der Waals surface area contributed by atoms with Crippen molar-refractivity contribution in [2.24, 2.45) is 10.9 Å². The van der Waals surface area contributed by atoms with Crippen molar-refractivity contribution in [1.82, 2.24) is 5.16 Å². The molecule has 0 aliphatic carbocycles. The third-order valence-electron chi connectivity index (χ3n) is 3.07. The van der Waals surface area contributed by atoms with Gasteiger partial charge in [0.25, 0.3) is 0 Å². The fourth-order valence-corrected chi connectivity index (χ4v) is 1.91. The van der Waals surface area contributed by atoms with Crippen LogP contribution < -0.4 is 5.73 Å². The topological polar surface area (TPSA) is 90.7 Å². The molecule has 0 aliphatic heterocycles. The minimum Gasteiger partial charge on any atom is -0.380 e. The molecule has 0 radical (unpaired) electrons. The number of aromatic nitrogens is 1. The largest absolute Gasteiger partial charge is 0.387 e. The van der Waals surface area contributed by atoms with Gasteiger partial charge in [-0.2, -0.15) is 0 Å². The van der Waals surface area contributed by atoms with Gasteiger partial charge in [-0.25, -0.2) is 4.79 Å². The molecule has 0 spiro atoms. The third-order valence-corrected chi connectivity index (χ3v) is 3.07. The zero-order valence-corrected chi connectivity index (χ0v) is 12.0. The Morgan fingerprint density at radius 1 is 1.04 bits per heavy atom. The SMILES string of the molecule is N/C(=N\OC(=O)c1cc(-c2ccccc2)on1)c1ccccc1. The summed E-state index contributed by atoms with van der Waals surface area (Å²) in [5.74, 6) is -0.168. The smallest absolute Gasteiger partial charge is 0.380 e. The third kappa shape index (κ3) is 3.44. The Bertz CT molecular complexity index is 827. The minimum atomic E-state index is -0.741. The normalized spacial score (nSPS) is 11.2. The molecule has 0 atom stereocenters. The van der Waals surface area contributed by atoms with Crippen LogP contribution in [-0.2, 0) is 4.84 Å². The molecule has 0 bridgehead atoms. The Balaban J connectivity index is 1.71. The van der Waals surface area contributed by atoms with Crippen molar-refractivity contribution in [3.8, 4) is 11.3 Å². The zero-order chi connectivity index (χ0) is 16.1. The Morgan fingerprint density at radius 3 is 2.39 bits per heavy atom. The van der Waals surface area contributed by atoms with Crippen molar-refractivity contribution in [2.75, 3.05) is 0 Å². The summed E-state index contributed by atoms with van der Waals surface area (Å²) >= 11 is 0. The summed E-state index contributed by atoms with van der Waals surface area (Å²) in [7, 11) is 0. The van der Waals surface area contributed by atoms with Crippen molar-refractivity contribution in [3.63, 3.8) is 0 Å². The maximum Gasteiger partial charge on any atom is 0.387 e. The monoisotopic (exact) mass is 307 g/mol. The van der Waals surface area contributed by atoms with Crippen LogP contribution in [0.1, 0.15) is 16.1 Å². The van der Waals surface area contributed by atoms with Crippen molar-refractivity contribution in [3.05, 3.63) is 78.0 Å². The van der Waals surface area contributed by atoms with Crippen molar-refractivity contribution < 1.29 is 14.2 Å². The standard InChI is InChI=1S/C17H13N3O3/c18-16(13-9-5-2-6-10-13)20-23-17(21)14-11-15(22-19-14)12-7-3-1-4-8-12/h1-11H,(H2,18,20). The molecule has 23 heavy (non-hydrogen) atoms. The number of rotatable bonds is 4. The number of benzene rings is 2. The molecule has 0 fully saturated rings.